The van der Waals surface area contributed by atoms with E-state index in [-0.39, 0.29) is 17.6 Å². The number of aryl methyl sites for hydroxylation is 1. The van der Waals surface area contributed by atoms with Crippen LogP contribution in [0.5, 0.6) is 5.75 Å². The summed E-state index contributed by atoms with van der Waals surface area (Å²) in [5, 5.41) is 4.61. The van der Waals surface area contributed by atoms with E-state index in [1.807, 2.05) is 10.2 Å². The molecule has 0 aliphatic carbocycles. The molecule has 0 radical (unpaired) electrons. The quantitative estimate of drug-likeness (QED) is 0.728. The van der Waals surface area contributed by atoms with Gasteiger partial charge in [0, 0.05) is 13.1 Å². The summed E-state index contributed by atoms with van der Waals surface area (Å²) in [6.07, 6.45) is -0.557. The molecule has 5 heterocycles. The molecule has 2 bridgehead atoms. The Morgan fingerprint density at radius 1 is 1.27 bits per heavy atom. The molecule has 3 aliphatic rings. The zero-order valence-electron chi connectivity index (χ0n) is 17.5. The fraction of sp³-hybridized carbons (Fsp3) is 0.429. The Bertz CT molecular complexity index is 1110. The van der Waals surface area contributed by atoms with Crippen LogP contribution in [-0.2, 0) is 6.42 Å². The molecule has 3 amide bonds. The first-order valence-electron chi connectivity index (χ1n) is 10.6. The number of hydrogen-bond acceptors (Lipinski definition) is 6. The highest BCUT2D eigenvalue weighted by molar-refractivity contribution is 6.05. The van der Waals surface area contributed by atoms with Crippen LogP contribution in [0.25, 0.3) is 0 Å². The van der Waals surface area contributed by atoms with Crippen LogP contribution in [-0.4, -0.2) is 60.4 Å². The predicted octanol–water partition coefficient (Wildman–Crippen LogP) is 2.72. The molecule has 5 rings (SSSR count). The maximum Gasteiger partial charge on any atom is 0.405 e. The Labute approximate surface area is 186 Å². The van der Waals surface area contributed by atoms with Crippen molar-refractivity contribution in [2.75, 3.05) is 41.4 Å². The number of rotatable bonds is 3. The highest BCUT2D eigenvalue weighted by Crippen LogP contribution is 2.39. The van der Waals surface area contributed by atoms with Crippen molar-refractivity contribution in [2.45, 2.75) is 31.5 Å². The number of aromatic nitrogens is 2. The van der Waals surface area contributed by atoms with E-state index < -0.39 is 24.7 Å². The first kappa shape index (κ1) is 21.3. The van der Waals surface area contributed by atoms with Crippen molar-refractivity contribution in [3.05, 3.63) is 35.7 Å². The van der Waals surface area contributed by atoms with Crippen LogP contribution in [0.15, 0.2) is 24.4 Å². The topological polar surface area (TPSA) is 99.7 Å². The zero-order valence-corrected chi connectivity index (χ0v) is 17.5. The van der Waals surface area contributed by atoms with Gasteiger partial charge in [-0.1, -0.05) is 0 Å². The summed E-state index contributed by atoms with van der Waals surface area (Å²) in [6, 6.07) is 4.10. The third-order valence-corrected chi connectivity index (χ3v) is 5.88. The van der Waals surface area contributed by atoms with Crippen LogP contribution < -0.4 is 25.2 Å². The lowest BCUT2D eigenvalue weighted by Crippen LogP contribution is -2.48. The number of alkyl halides is 3. The smallest absolute Gasteiger partial charge is 0.405 e. The van der Waals surface area contributed by atoms with Crippen molar-refractivity contribution in [1.82, 2.24) is 15.3 Å². The SMILES string of the molecule is O=C(NCC(F)(F)F)c1ccc2c(n1)N(C(=O)Nc1cc3c(cn1)OCCC3)C1CCN2C1. The van der Waals surface area contributed by atoms with E-state index >= 15 is 0 Å². The molecular weight excluding hydrogens is 441 g/mol. The summed E-state index contributed by atoms with van der Waals surface area (Å²) < 4.78 is 43.0. The van der Waals surface area contributed by atoms with E-state index in [1.165, 1.54) is 11.0 Å². The van der Waals surface area contributed by atoms with Gasteiger partial charge in [0.15, 0.2) is 5.82 Å². The number of pyridine rings is 2. The molecule has 1 unspecified atom stereocenters. The number of carbonyl (C=O) groups excluding carboxylic acids is 2. The number of ether oxygens (including phenoxy) is 1. The highest BCUT2D eigenvalue weighted by atomic mass is 19.4. The van der Waals surface area contributed by atoms with Crippen LogP contribution in [0.1, 0.15) is 28.9 Å². The Kier molecular flexibility index (Phi) is 5.22. The Balaban J connectivity index is 1.40. The molecule has 1 saturated heterocycles. The monoisotopic (exact) mass is 462 g/mol. The molecule has 2 aromatic heterocycles. The molecule has 9 nitrogen and oxygen atoms in total. The van der Waals surface area contributed by atoms with Crippen LogP contribution in [0.2, 0.25) is 0 Å². The number of amides is 3. The van der Waals surface area contributed by atoms with E-state index in [2.05, 4.69) is 15.3 Å². The predicted molar refractivity (Wildman–Crippen MR) is 113 cm³/mol. The van der Waals surface area contributed by atoms with Gasteiger partial charge in [0.1, 0.15) is 23.8 Å². The largest absolute Gasteiger partial charge is 0.492 e. The van der Waals surface area contributed by atoms with Gasteiger partial charge in [-0.15, -0.1) is 0 Å². The number of hydrogen-bond donors (Lipinski definition) is 2. The number of urea groups is 1. The molecule has 12 heteroatoms. The molecule has 3 aliphatic heterocycles. The van der Waals surface area contributed by atoms with Gasteiger partial charge in [-0.2, -0.15) is 13.2 Å². The Morgan fingerprint density at radius 2 is 2.12 bits per heavy atom. The minimum absolute atomic E-state index is 0.181. The first-order valence-corrected chi connectivity index (χ1v) is 10.6. The van der Waals surface area contributed by atoms with E-state index in [9.17, 15) is 22.8 Å². The van der Waals surface area contributed by atoms with E-state index in [0.717, 1.165) is 18.4 Å². The number of carbonyl (C=O) groups is 2. The third-order valence-electron chi connectivity index (χ3n) is 5.88. The fourth-order valence-electron chi connectivity index (χ4n) is 4.36. The average Bonchev–Trinajstić information content (AvgIpc) is 3.20. The number of anilines is 3. The molecule has 0 aromatic carbocycles. The lowest BCUT2D eigenvalue weighted by Gasteiger charge is -2.35. The summed E-state index contributed by atoms with van der Waals surface area (Å²) in [7, 11) is 0. The summed E-state index contributed by atoms with van der Waals surface area (Å²) >= 11 is 0. The van der Waals surface area contributed by atoms with Gasteiger partial charge in [-0.05, 0) is 43.0 Å². The second kappa shape index (κ2) is 8.09. The molecule has 1 atom stereocenters. The van der Waals surface area contributed by atoms with Gasteiger partial charge in [-0.25, -0.2) is 14.8 Å². The van der Waals surface area contributed by atoms with E-state index in [0.29, 0.717) is 43.4 Å². The number of halogens is 3. The normalized spacial score (nSPS) is 18.8. The van der Waals surface area contributed by atoms with Crippen molar-refractivity contribution in [2.24, 2.45) is 0 Å². The molecule has 1 fully saturated rings. The van der Waals surface area contributed by atoms with Gasteiger partial charge >= 0.3 is 12.2 Å². The van der Waals surface area contributed by atoms with Gasteiger partial charge in [-0.3, -0.25) is 15.0 Å². The number of nitrogens with one attached hydrogen (secondary N) is 2. The van der Waals surface area contributed by atoms with Crippen molar-refractivity contribution in [3.8, 4) is 5.75 Å². The Hall–Kier alpha value is -3.57. The fourth-order valence-corrected chi connectivity index (χ4v) is 4.36. The summed E-state index contributed by atoms with van der Waals surface area (Å²) in [6.45, 7) is 0.481. The second-order valence-corrected chi connectivity index (χ2v) is 8.16. The van der Waals surface area contributed by atoms with Crippen molar-refractivity contribution in [1.29, 1.82) is 0 Å². The maximum atomic E-state index is 13.3. The minimum atomic E-state index is -4.53. The second-order valence-electron chi connectivity index (χ2n) is 8.16. The number of fused-ring (bicyclic) bond motifs is 5. The zero-order chi connectivity index (χ0) is 23.2. The summed E-state index contributed by atoms with van der Waals surface area (Å²) in [4.78, 5) is 37.5. The van der Waals surface area contributed by atoms with Crippen LogP contribution >= 0.6 is 0 Å². The molecule has 0 saturated carbocycles. The average molecular weight is 462 g/mol. The van der Waals surface area contributed by atoms with E-state index in [4.69, 9.17) is 4.74 Å². The minimum Gasteiger partial charge on any atom is -0.492 e. The maximum absolute atomic E-state index is 13.3. The lowest BCUT2D eigenvalue weighted by atomic mass is 10.1. The standard InChI is InChI=1S/C21H21F3N6O3/c22-21(23,24)11-26-19(31)14-3-4-15-18(27-14)30(13-5-6-29(15)10-13)20(32)28-17-8-12-2-1-7-33-16(12)9-25-17/h3-4,8-9,13H,1-2,5-7,10-11H2,(H,26,31)(H,25,28,32). The van der Waals surface area contributed by atoms with Crippen molar-refractivity contribution >= 4 is 29.3 Å². The third kappa shape index (κ3) is 4.24. The molecule has 0 spiro atoms. The Morgan fingerprint density at radius 3 is 2.94 bits per heavy atom. The van der Waals surface area contributed by atoms with Crippen molar-refractivity contribution < 1.29 is 27.5 Å². The molecule has 2 N–H and O–H groups in total. The molecular formula is C21H21F3N6O3. The van der Waals surface area contributed by atoms with Crippen LogP contribution in [0.3, 0.4) is 0 Å². The highest BCUT2D eigenvalue weighted by Gasteiger charge is 2.41. The van der Waals surface area contributed by atoms with Gasteiger partial charge < -0.3 is 15.0 Å². The first-order chi connectivity index (χ1) is 15.8. The van der Waals surface area contributed by atoms with Crippen LogP contribution in [0, 0.1) is 0 Å². The van der Waals surface area contributed by atoms with Gasteiger partial charge in [0.25, 0.3) is 5.91 Å². The molecule has 2 aromatic rings. The summed E-state index contributed by atoms with van der Waals surface area (Å²) in [5.41, 5.74) is 1.42. The molecule has 33 heavy (non-hydrogen) atoms. The lowest BCUT2D eigenvalue weighted by molar-refractivity contribution is -0.123. The van der Waals surface area contributed by atoms with Gasteiger partial charge in [0.2, 0.25) is 0 Å². The molecule has 174 valence electrons. The number of nitrogens with zero attached hydrogens (tertiary/aromatic N) is 4. The summed E-state index contributed by atoms with van der Waals surface area (Å²) in [5.74, 6) is 0.345. The van der Waals surface area contributed by atoms with Gasteiger partial charge in [0.05, 0.1) is 24.5 Å². The van der Waals surface area contributed by atoms with E-state index in [1.54, 1.807) is 18.3 Å². The van der Waals surface area contributed by atoms with Crippen molar-refractivity contribution in [3.63, 3.8) is 0 Å². The van der Waals surface area contributed by atoms with Crippen LogP contribution in [0.4, 0.5) is 35.3 Å².